The Morgan fingerprint density at radius 3 is 2.60 bits per heavy atom. The van der Waals surface area contributed by atoms with Crippen molar-refractivity contribution in [2.45, 2.75) is 44.6 Å². The van der Waals surface area contributed by atoms with Gasteiger partial charge >= 0.3 is 0 Å². The highest BCUT2D eigenvalue weighted by atomic mass is 16.4. The Hall–Kier alpha value is -2.76. The van der Waals surface area contributed by atoms with Crippen molar-refractivity contribution in [3.05, 3.63) is 48.3 Å². The number of piperidine rings is 1. The van der Waals surface area contributed by atoms with Crippen LogP contribution in [0.5, 0.6) is 0 Å². The fourth-order valence-corrected chi connectivity index (χ4v) is 5.05. The van der Waals surface area contributed by atoms with Crippen molar-refractivity contribution in [2.24, 2.45) is 13.0 Å². The van der Waals surface area contributed by atoms with Gasteiger partial charge in [0.2, 0.25) is 5.91 Å². The summed E-state index contributed by atoms with van der Waals surface area (Å²) in [5.74, 6) is 0.423. The van der Waals surface area contributed by atoms with E-state index in [9.17, 15) is 4.79 Å². The van der Waals surface area contributed by atoms with E-state index in [2.05, 4.69) is 44.7 Å². The summed E-state index contributed by atoms with van der Waals surface area (Å²) in [6.07, 6.45) is 8.36. The average molecular weight is 407 g/mol. The van der Waals surface area contributed by atoms with E-state index in [1.54, 1.807) is 0 Å². The number of carbonyl (C=O) groups is 1. The fourth-order valence-electron chi connectivity index (χ4n) is 5.05. The summed E-state index contributed by atoms with van der Waals surface area (Å²) in [6, 6.07) is 13.0. The van der Waals surface area contributed by atoms with Crippen LogP contribution in [0.1, 0.15) is 50.3 Å². The number of nitrogens with zero attached hydrogens (tertiary/aromatic N) is 4. The van der Waals surface area contributed by atoms with Gasteiger partial charge in [-0.15, -0.1) is 0 Å². The number of benzene rings is 1. The van der Waals surface area contributed by atoms with Crippen molar-refractivity contribution in [1.82, 2.24) is 14.5 Å². The first kappa shape index (κ1) is 19.2. The first-order valence-corrected chi connectivity index (χ1v) is 11.2. The van der Waals surface area contributed by atoms with Crippen LogP contribution in [0.4, 0.5) is 6.01 Å². The third kappa shape index (κ3) is 3.59. The summed E-state index contributed by atoms with van der Waals surface area (Å²) in [4.78, 5) is 22.6. The molecule has 5 rings (SSSR count). The summed E-state index contributed by atoms with van der Waals surface area (Å²) in [5, 5.41) is 0. The number of hydrogen-bond donors (Lipinski definition) is 0. The van der Waals surface area contributed by atoms with E-state index in [-0.39, 0.29) is 12.0 Å². The minimum Gasteiger partial charge on any atom is -0.423 e. The van der Waals surface area contributed by atoms with E-state index in [4.69, 9.17) is 4.42 Å². The van der Waals surface area contributed by atoms with Crippen LogP contribution in [-0.4, -0.2) is 40.0 Å². The molecular formula is C24H30N4O2. The van der Waals surface area contributed by atoms with Crippen LogP contribution in [0.25, 0.3) is 11.1 Å². The van der Waals surface area contributed by atoms with Crippen LogP contribution in [0, 0.1) is 5.92 Å². The summed E-state index contributed by atoms with van der Waals surface area (Å²) in [6.45, 7) is 2.50. The lowest BCUT2D eigenvalue weighted by Crippen LogP contribution is -2.44. The normalized spacial score (nSPS) is 21.2. The van der Waals surface area contributed by atoms with Crippen LogP contribution in [0.15, 0.2) is 47.0 Å². The molecular weight excluding hydrogens is 376 g/mol. The maximum atomic E-state index is 13.6. The van der Waals surface area contributed by atoms with Crippen LogP contribution in [0.3, 0.4) is 0 Å². The second-order valence-electron chi connectivity index (χ2n) is 8.67. The number of aryl methyl sites for hydroxylation is 1. The third-order valence-corrected chi connectivity index (χ3v) is 6.76. The van der Waals surface area contributed by atoms with Gasteiger partial charge in [-0.1, -0.05) is 25.0 Å². The number of likely N-dealkylation sites (tertiary alicyclic amines) is 1. The third-order valence-electron chi connectivity index (χ3n) is 6.76. The Morgan fingerprint density at radius 2 is 1.83 bits per heavy atom. The molecule has 2 fully saturated rings. The van der Waals surface area contributed by atoms with Gasteiger partial charge in [0.1, 0.15) is 5.52 Å². The molecule has 0 radical (unpaired) electrons. The molecule has 2 aromatic heterocycles. The SMILES string of the molecule is Cn1cccc1C1CCCCCN1C(=O)C1CCN(c2nc3ccccc3o2)CC1. The first-order chi connectivity index (χ1) is 14.7. The van der Waals surface area contributed by atoms with Crippen molar-refractivity contribution < 1.29 is 9.21 Å². The maximum absolute atomic E-state index is 13.6. The predicted molar refractivity (Wildman–Crippen MR) is 117 cm³/mol. The monoisotopic (exact) mass is 406 g/mol. The number of hydrogen-bond acceptors (Lipinski definition) is 4. The quantitative estimate of drug-likeness (QED) is 0.641. The second-order valence-corrected chi connectivity index (χ2v) is 8.67. The van der Waals surface area contributed by atoms with Crippen molar-refractivity contribution in [3.8, 4) is 0 Å². The minimum atomic E-state index is 0.0893. The van der Waals surface area contributed by atoms with Crippen molar-refractivity contribution >= 4 is 23.0 Å². The Bertz CT molecular complexity index is 982. The maximum Gasteiger partial charge on any atom is 0.298 e. The number of anilines is 1. The number of carbonyl (C=O) groups excluding carboxylic acids is 1. The molecule has 4 heterocycles. The Balaban J connectivity index is 1.28. The Labute approximate surface area is 177 Å². The van der Waals surface area contributed by atoms with E-state index in [0.29, 0.717) is 11.9 Å². The number of rotatable bonds is 3. The van der Waals surface area contributed by atoms with Gasteiger partial charge < -0.3 is 18.8 Å². The smallest absolute Gasteiger partial charge is 0.298 e. The van der Waals surface area contributed by atoms with E-state index in [1.807, 2.05) is 24.3 Å². The summed E-state index contributed by atoms with van der Waals surface area (Å²) in [5.41, 5.74) is 2.97. The minimum absolute atomic E-state index is 0.0893. The molecule has 0 bridgehead atoms. The largest absolute Gasteiger partial charge is 0.423 e. The fraction of sp³-hybridized carbons (Fsp3) is 0.500. The molecule has 1 amide bonds. The molecule has 6 heteroatoms. The van der Waals surface area contributed by atoms with Gasteiger partial charge in [-0.05, 0) is 49.9 Å². The Kier molecular flexibility index (Phi) is 5.23. The van der Waals surface area contributed by atoms with E-state index in [0.717, 1.165) is 56.4 Å². The zero-order chi connectivity index (χ0) is 20.5. The highest BCUT2D eigenvalue weighted by Crippen LogP contribution is 2.34. The highest BCUT2D eigenvalue weighted by molar-refractivity contribution is 5.80. The average Bonchev–Trinajstić information content (AvgIpc) is 3.32. The molecule has 0 aliphatic carbocycles. The van der Waals surface area contributed by atoms with Gasteiger partial charge in [-0.2, -0.15) is 4.98 Å². The van der Waals surface area contributed by atoms with Crippen LogP contribution >= 0.6 is 0 Å². The summed E-state index contributed by atoms with van der Waals surface area (Å²) in [7, 11) is 2.09. The van der Waals surface area contributed by atoms with Gasteiger partial charge in [0.15, 0.2) is 5.58 Å². The van der Waals surface area contributed by atoms with Gasteiger partial charge in [0.25, 0.3) is 6.01 Å². The molecule has 0 N–H and O–H groups in total. The predicted octanol–water partition coefficient (Wildman–Crippen LogP) is 4.53. The lowest BCUT2D eigenvalue weighted by atomic mass is 9.94. The van der Waals surface area contributed by atoms with Crippen LogP contribution in [-0.2, 0) is 11.8 Å². The zero-order valence-corrected chi connectivity index (χ0v) is 17.7. The summed E-state index contributed by atoms with van der Waals surface area (Å²) < 4.78 is 8.10. The van der Waals surface area contributed by atoms with Crippen molar-refractivity contribution in [2.75, 3.05) is 24.5 Å². The van der Waals surface area contributed by atoms with E-state index in [1.165, 1.54) is 18.5 Å². The molecule has 3 aromatic rings. The highest BCUT2D eigenvalue weighted by Gasteiger charge is 2.34. The Morgan fingerprint density at radius 1 is 1.00 bits per heavy atom. The molecule has 2 aliphatic heterocycles. The van der Waals surface area contributed by atoms with E-state index >= 15 is 0 Å². The number of oxazole rings is 1. The van der Waals surface area contributed by atoms with Gasteiger partial charge in [0, 0.05) is 44.5 Å². The van der Waals surface area contributed by atoms with Crippen molar-refractivity contribution in [1.29, 1.82) is 0 Å². The van der Waals surface area contributed by atoms with Gasteiger partial charge in [-0.25, -0.2) is 0 Å². The van der Waals surface area contributed by atoms with Crippen LogP contribution < -0.4 is 4.90 Å². The standard InChI is InChI=1S/C24H30N4O2/c1-26-14-7-10-20(26)21-9-3-2-6-15-28(21)23(29)18-12-16-27(17-13-18)24-25-19-8-4-5-11-22(19)30-24/h4-5,7-8,10-11,14,18,21H,2-3,6,9,12-13,15-17H2,1H3. The second kappa shape index (κ2) is 8.17. The van der Waals surface area contributed by atoms with Crippen LogP contribution in [0.2, 0.25) is 0 Å². The molecule has 1 unspecified atom stereocenters. The molecule has 2 aliphatic rings. The zero-order valence-electron chi connectivity index (χ0n) is 17.7. The first-order valence-electron chi connectivity index (χ1n) is 11.2. The number of fused-ring (bicyclic) bond motifs is 1. The summed E-state index contributed by atoms with van der Waals surface area (Å²) >= 11 is 0. The molecule has 158 valence electrons. The van der Waals surface area contributed by atoms with Crippen molar-refractivity contribution in [3.63, 3.8) is 0 Å². The molecule has 0 spiro atoms. The van der Waals surface area contributed by atoms with Gasteiger partial charge in [-0.3, -0.25) is 4.79 Å². The lowest BCUT2D eigenvalue weighted by molar-refractivity contribution is -0.138. The number of para-hydroxylation sites is 2. The van der Waals surface area contributed by atoms with E-state index < -0.39 is 0 Å². The molecule has 0 saturated carbocycles. The number of aromatic nitrogens is 2. The van der Waals surface area contributed by atoms with Gasteiger partial charge in [0.05, 0.1) is 6.04 Å². The molecule has 1 aromatic carbocycles. The molecule has 2 saturated heterocycles. The molecule has 1 atom stereocenters. The molecule has 30 heavy (non-hydrogen) atoms. The lowest BCUT2D eigenvalue weighted by Gasteiger charge is -2.36. The molecule has 6 nitrogen and oxygen atoms in total. The topological polar surface area (TPSA) is 54.5 Å². The number of amides is 1.